The maximum Gasteiger partial charge on any atom is 0.392 e. The SMILES string of the molecule is CC.CCc1ccc(OCCC(F)(F)F)cc1. The largest absolute Gasteiger partial charge is 0.493 e. The summed E-state index contributed by atoms with van der Waals surface area (Å²) in [4.78, 5) is 0. The Morgan fingerprint density at radius 3 is 2.00 bits per heavy atom. The molecular formula is C13H19F3O. The van der Waals surface area contributed by atoms with Crippen molar-refractivity contribution in [3.05, 3.63) is 29.8 Å². The van der Waals surface area contributed by atoms with Gasteiger partial charge < -0.3 is 4.74 Å². The molecule has 0 bridgehead atoms. The molecule has 0 saturated carbocycles. The van der Waals surface area contributed by atoms with Gasteiger partial charge in [-0.1, -0.05) is 32.9 Å². The topological polar surface area (TPSA) is 9.23 Å². The number of alkyl halides is 3. The number of halogens is 3. The number of aryl methyl sites for hydroxylation is 1. The van der Waals surface area contributed by atoms with Crippen LogP contribution >= 0.6 is 0 Å². The molecule has 0 fully saturated rings. The van der Waals surface area contributed by atoms with Gasteiger partial charge in [-0.3, -0.25) is 0 Å². The Bertz CT molecular complexity index is 291. The van der Waals surface area contributed by atoms with Crippen LogP contribution in [-0.4, -0.2) is 12.8 Å². The van der Waals surface area contributed by atoms with Gasteiger partial charge in [-0.2, -0.15) is 13.2 Å². The highest BCUT2D eigenvalue weighted by Crippen LogP contribution is 2.20. The van der Waals surface area contributed by atoms with Crippen LogP contribution in [0.3, 0.4) is 0 Å². The van der Waals surface area contributed by atoms with Gasteiger partial charge in [0.2, 0.25) is 0 Å². The van der Waals surface area contributed by atoms with Crippen LogP contribution in [0.2, 0.25) is 0 Å². The lowest BCUT2D eigenvalue weighted by atomic mass is 10.2. The van der Waals surface area contributed by atoms with E-state index in [2.05, 4.69) is 0 Å². The average molecular weight is 248 g/mol. The molecule has 0 aromatic heterocycles. The zero-order chi connectivity index (χ0) is 13.3. The predicted octanol–water partition coefficient (Wildman–Crippen LogP) is 4.61. The van der Waals surface area contributed by atoms with E-state index in [-0.39, 0.29) is 6.61 Å². The van der Waals surface area contributed by atoms with Crippen molar-refractivity contribution >= 4 is 0 Å². The molecule has 17 heavy (non-hydrogen) atoms. The van der Waals surface area contributed by atoms with E-state index in [1.807, 2.05) is 32.9 Å². The predicted molar refractivity (Wildman–Crippen MR) is 63.3 cm³/mol. The van der Waals surface area contributed by atoms with E-state index < -0.39 is 12.6 Å². The Morgan fingerprint density at radius 2 is 1.59 bits per heavy atom. The molecule has 0 aliphatic rings. The molecule has 0 N–H and O–H groups in total. The standard InChI is InChI=1S/C11H13F3O.C2H6/c1-2-9-3-5-10(6-4-9)15-8-7-11(12,13)14;1-2/h3-6H,2,7-8H2,1H3;1-2H3. The van der Waals surface area contributed by atoms with Crippen molar-refractivity contribution < 1.29 is 17.9 Å². The van der Waals surface area contributed by atoms with Crippen molar-refractivity contribution in [1.82, 2.24) is 0 Å². The molecule has 1 rings (SSSR count). The van der Waals surface area contributed by atoms with Crippen molar-refractivity contribution in [3.63, 3.8) is 0 Å². The van der Waals surface area contributed by atoms with E-state index in [0.717, 1.165) is 12.0 Å². The van der Waals surface area contributed by atoms with E-state index in [1.54, 1.807) is 12.1 Å². The molecule has 98 valence electrons. The highest BCUT2D eigenvalue weighted by molar-refractivity contribution is 5.27. The minimum atomic E-state index is -4.15. The summed E-state index contributed by atoms with van der Waals surface area (Å²) < 4.78 is 40.4. The number of hydrogen-bond acceptors (Lipinski definition) is 1. The molecule has 0 aliphatic carbocycles. The number of rotatable bonds is 4. The fourth-order valence-corrected chi connectivity index (χ4v) is 1.11. The molecule has 0 atom stereocenters. The maximum atomic E-state index is 11.8. The number of benzene rings is 1. The zero-order valence-corrected chi connectivity index (χ0v) is 10.5. The Balaban J connectivity index is 0.00000121. The Labute approximate surface area is 101 Å². The van der Waals surface area contributed by atoms with Gasteiger partial charge in [-0.05, 0) is 24.1 Å². The van der Waals surface area contributed by atoms with Gasteiger partial charge in [0.25, 0.3) is 0 Å². The van der Waals surface area contributed by atoms with Crippen molar-refractivity contribution in [2.45, 2.75) is 39.8 Å². The molecule has 0 radical (unpaired) electrons. The molecule has 4 heteroatoms. The first-order valence-corrected chi connectivity index (χ1v) is 5.80. The fraction of sp³-hybridized carbons (Fsp3) is 0.538. The molecular weight excluding hydrogens is 229 g/mol. The van der Waals surface area contributed by atoms with E-state index >= 15 is 0 Å². The summed E-state index contributed by atoms with van der Waals surface area (Å²) in [6.45, 7) is 5.69. The van der Waals surface area contributed by atoms with Crippen LogP contribution in [0.5, 0.6) is 5.75 Å². The normalized spacial score (nSPS) is 10.5. The third-order valence-corrected chi connectivity index (χ3v) is 1.99. The first kappa shape index (κ1) is 15.8. The van der Waals surface area contributed by atoms with Gasteiger partial charge in [-0.25, -0.2) is 0 Å². The minimum Gasteiger partial charge on any atom is -0.493 e. The van der Waals surface area contributed by atoms with Crippen LogP contribution in [-0.2, 0) is 6.42 Å². The molecule has 1 aromatic rings. The van der Waals surface area contributed by atoms with Crippen LogP contribution < -0.4 is 4.74 Å². The van der Waals surface area contributed by atoms with Gasteiger partial charge in [0.1, 0.15) is 5.75 Å². The van der Waals surface area contributed by atoms with E-state index in [4.69, 9.17) is 4.74 Å². The molecule has 0 saturated heterocycles. The van der Waals surface area contributed by atoms with Crippen LogP contribution in [0.15, 0.2) is 24.3 Å². The van der Waals surface area contributed by atoms with Crippen LogP contribution in [0, 0.1) is 0 Å². The molecule has 1 aromatic carbocycles. The molecule has 0 aliphatic heterocycles. The molecule has 0 spiro atoms. The summed E-state index contributed by atoms with van der Waals surface area (Å²) in [6, 6.07) is 7.08. The smallest absolute Gasteiger partial charge is 0.392 e. The first-order chi connectivity index (χ1) is 8.01. The van der Waals surface area contributed by atoms with E-state index in [1.165, 1.54) is 0 Å². The summed E-state index contributed by atoms with van der Waals surface area (Å²) in [7, 11) is 0. The minimum absolute atomic E-state index is 0.324. The van der Waals surface area contributed by atoms with Gasteiger partial charge in [0.15, 0.2) is 0 Å². The van der Waals surface area contributed by atoms with Crippen LogP contribution in [0.1, 0.15) is 32.8 Å². The lowest BCUT2D eigenvalue weighted by Gasteiger charge is -2.08. The summed E-state index contributed by atoms with van der Waals surface area (Å²) in [5.41, 5.74) is 1.14. The summed E-state index contributed by atoms with van der Waals surface area (Å²) >= 11 is 0. The van der Waals surface area contributed by atoms with Crippen molar-refractivity contribution in [2.75, 3.05) is 6.61 Å². The maximum absolute atomic E-state index is 11.8. The van der Waals surface area contributed by atoms with E-state index in [0.29, 0.717) is 5.75 Å². The lowest BCUT2D eigenvalue weighted by Crippen LogP contribution is -2.12. The molecule has 1 nitrogen and oxygen atoms in total. The zero-order valence-electron chi connectivity index (χ0n) is 10.5. The van der Waals surface area contributed by atoms with E-state index in [9.17, 15) is 13.2 Å². The Hall–Kier alpha value is -1.19. The van der Waals surface area contributed by atoms with Gasteiger partial charge >= 0.3 is 6.18 Å². The second kappa shape index (κ2) is 7.98. The first-order valence-electron chi connectivity index (χ1n) is 5.80. The monoisotopic (exact) mass is 248 g/mol. The van der Waals surface area contributed by atoms with Gasteiger partial charge in [0, 0.05) is 0 Å². The lowest BCUT2D eigenvalue weighted by molar-refractivity contribution is -0.139. The Kier molecular flexibility index (Phi) is 7.42. The third-order valence-electron chi connectivity index (χ3n) is 1.99. The van der Waals surface area contributed by atoms with Gasteiger partial charge in [0.05, 0.1) is 13.0 Å². The third kappa shape index (κ3) is 7.66. The van der Waals surface area contributed by atoms with Crippen LogP contribution in [0.4, 0.5) is 13.2 Å². The fourth-order valence-electron chi connectivity index (χ4n) is 1.11. The quantitative estimate of drug-likeness (QED) is 0.756. The van der Waals surface area contributed by atoms with Crippen molar-refractivity contribution in [2.24, 2.45) is 0 Å². The highest BCUT2D eigenvalue weighted by atomic mass is 19.4. The summed E-state index contributed by atoms with van der Waals surface area (Å²) in [5, 5.41) is 0. The molecule has 0 amide bonds. The van der Waals surface area contributed by atoms with Crippen molar-refractivity contribution in [1.29, 1.82) is 0 Å². The second-order valence-corrected chi connectivity index (χ2v) is 3.21. The molecule has 0 heterocycles. The van der Waals surface area contributed by atoms with Gasteiger partial charge in [-0.15, -0.1) is 0 Å². The summed E-state index contributed by atoms with van der Waals surface area (Å²) in [5.74, 6) is 0.483. The summed E-state index contributed by atoms with van der Waals surface area (Å²) in [6.07, 6.45) is -4.16. The van der Waals surface area contributed by atoms with Crippen LogP contribution in [0.25, 0.3) is 0 Å². The van der Waals surface area contributed by atoms with Crippen molar-refractivity contribution in [3.8, 4) is 5.75 Å². The number of ether oxygens (including phenoxy) is 1. The highest BCUT2D eigenvalue weighted by Gasteiger charge is 2.26. The second-order valence-electron chi connectivity index (χ2n) is 3.21. The average Bonchev–Trinajstić information content (AvgIpc) is 2.31. The molecule has 0 unspecified atom stereocenters. The number of hydrogen-bond donors (Lipinski definition) is 0. The Morgan fingerprint density at radius 1 is 1.06 bits per heavy atom.